The Bertz CT molecular complexity index is 112. The quantitative estimate of drug-likeness (QED) is 0.407. The van der Waals surface area contributed by atoms with Crippen LogP contribution in [0.2, 0.25) is 0 Å². The topological polar surface area (TPSA) is 199 Å². The third-order valence-corrected chi connectivity index (χ3v) is 0. The molecule has 0 heterocycles. The van der Waals surface area contributed by atoms with Gasteiger partial charge in [0.15, 0.2) is 0 Å². The molecule has 0 amide bonds. The monoisotopic (exact) mass is 325 g/mol. The predicted octanol–water partition coefficient (Wildman–Crippen LogP) is -0.717. The standard InChI is InChI=1S/La.3NO3/c;3*2-1(3)4/q;3*-1. The Balaban J connectivity index is -0.0000000450. The van der Waals surface area contributed by atoms with E-state index in [2.05, 4.69) is 0 Å². The van der Waals surface area contributed by atoms with Crippen molar-refractivity contribution >= 4 is 0 Å². The number of hydrogen-bond acceptors (Lipinski definition) is 9. The van der Waals surface area contributed by atoms with Gasteiger partial charge in [-0.25, -0.2) is 0 Å². The van der Waals surface area contributed by atoms with Gasteiger partial charge in [-0.05, 0) is 0 Å². The van der Waals surface area contributed by atoms with Gasteiger partial charge in [0, 0.05) is 35.6 Å². The number of rotatable bonds is 0. The summed E-state index contributed by atoms with van der Waals surface area (Å²) in [6.45, 7) is 0. The second-order valence-electron chi connectivity index (χ2n) is 0.671. The summed E-state index contributed by atoms with van der Waals surface area (Å²) in [7, 11) is 0. The van der Waals surface area contributed by atoms with Crippen LogP contribution in [0, 0.1) is 81.6 Å². The molecule has 0 atom stereocenters. The molecule has 0 aromatic carbocycles. The molecule has 0 aromatic rings. The minimum absolute atomic E-state index is 0. The molecule has 75 valence electrons. The van der Waals surface area contributed by atoms with Gasteiger partial charge in [0.25, 0.3) is 0 Å². The van der Waals surface area contributed by atoms with Crippen molar-refractivity contribution < 1.29 is 50.9 Å². The van der Waals surface area contributed by atoms with Crippen molar-refractivity contribution in [3.8, 4) is 0 Å². The van der Waals surface area contributed by atoms with Gasteiger partial charge in [-0.15, -0.1) is 0 Å². The van der Waals surface area contributed by atoms with E-state index in [1.165, 1.54) is 0 Å². The first kappa shape index (κ1) is 22.6. The van der Waals surface area contributed by atoms with Crippen molar-refractivity contribution in [2.75, 3.05) is 0 Å². The van der Waals surface area contributed by atoms with Crippen molar-refractivity contribution in [3.05, 3.63) is 46.0 Å². The summed E-state index contributed by atoms with van der Waals surface area (Å²) in [6, 6.07) is 0. The fourth-order valence-corrected chi connectivity index (χ4v) is 0. The van der Waals surface area contributed by atoms with Gasteiger partial charge in [-0.2, -0.15) is 0 Å². The zero-order valence-electron chi connectivity index (χ0n) is 5.59. The second kappa shape index (κ2) is 17.0. The van der Waals surface area contributed by atoms with Crippen LogP contribution >= 0.6 is 0 Å². The van der Waals surface area contributed by atoms with Gasteiger partial charge in [0.2, 0.25) is 0 Å². The zero-order chi connectivity index (χ0) is 10.7. The molecule has 0 aromatic heterocycles. The van der Waals surface area contributed by atoms with E-state index >= 15 is 0 Å². The number of hydrogen-bond donors (Lipinski definition) is 0. The Morgan fingerprint density at radius 3 is 0.538 bits per heavy atom. The SMILES string of the molecule is O=[N+]([O-])[O-].O=[N+]([O-])[O-].O=[N+]([O-])[O-].[La]. The van der Waals surface area contributed by atoms with Crippen molar-refractivity contribution in [1.82, 2.24) is 0 Å². The maximum Gasteiger partial charge on any atom is 0.0689 e. The maximum absolute atomic E-state index is 8.25. The maximum atomic E-state index is 8.25. The average molecular weight is 325 g/mol. The predicted molar refractivity (Wildman–Crippen MR) is 31.1 cm³/mol. The molecule has 0 saturated carbocycles. The van der Waals surface area contributed by atoms with Crippen LogP contribution in [-0.2, 0) is 0 Å². The van der Waals surface area contributed by atoms with Gasteiger partial charge < -0.3 is 46.0 Å². The third-order valence-electron chi connectivity index (χ3n) is 0. The van der Waals surface area contributed by atoms with Crippen LogP contribution in [-0.4, -0.2) is 15.3 Å². The molecule has 0 bridgehead atoms. The Morgan fingerprint density at radius 1 is 0.538 bits per heavy atom. The molecular weight excluding hydrogens is 325 g/mol. The van der Waals surface area contributed by atoms with Crippen LogP contribution < -0.4 is 0 Å². The zero-order valence-corrected chi connectivity index (χ0v) is 9.22. The van der Waals surface area contributed by atoms with Gasteiger partial charge in [-0.3, -0.25) is 0 Å². The molecule has 0 rings (SSSR count). The van der Waals surface area contributed by atoms with E-state index < -0.39 is 15.3 Å². The molecule has 0 unspecified atom stereocenters. The fourth-order valence-electron chi connectivity index (χ4n) is 0. The van der Waals surface area contributed by atoms with Crippen molar-refractivity contribution in [3.63, 3.8) is 0 Å². The van der Waals surface area contributed by atoms with Crippen LogP contribution in [0.4, 0.5) is 0 Å². The van der Waals surface area contributed by atoms with E-state index in [0.717, 1.165) is 0 Å². The van der Waals surface area contributed by atoms with Crippen LogP contribution in [0.5, 0.6) is 0 Å². The second-order valence-corrected chi connectivity index (χ2v) is 0.671. The largest absolute Gasteiger partial charge is 0.356 e. The van der Waals surface area contributed by atoms with Gasteiger partial charge in [-0.1, -0.05) is 0 Å². The summed E-state index contributed by atoms with van der Waals surface area (Å²) >= 11 is 0. The molecule has 0 fully saturated rings. The fraction of sp³-hybridized carbons (Fsp3) is 0. The van der Waals surface area contributed by atoms with E-state index in [0.29, 0.717) is 0 Å². The van der Waals surface area contributed by atoms with E-state index in [1.807, 2.05) is 0 Å². The molecular formula is LaN3O9-3. The van der Waals surface area contributed by atoms with Crippen LogP contribution in [0.1, 0.15) is 0 Å². The normalized spacial score (nSPS) is 5.54. The van der Waals surface area contributed by atoms with Gasteiger partial charge >= 0.3 is 0 Å². The summed E-state index contributed by atoms with van der Waals surface area (Å²) in [4.78, 5) is 24.8. The first-order valence-electron chi connectivity index (χ1n) is 1.64. The number of nitrogens with zero attached hydrogens (tertiary/aromatic N) is 3. The molecule has 13 heteroatoms. The molecule has 0 aliphatic heterocycles. The molecule has 12 nitrogen and oxygen atoms in total. The van der Waals surface area contributed by atoms with E-state index in [4.69, 9.17) is 46.0 Å². The van der Waals surface area contributed by atoms with Crippen molar-refractivity contribution in [1.29, 1.82) is 0 Å². The molecule has 0 aliphatic carbocycles. The molecule has 0 saturated heterocycles. The summed E-state index contributed by atoms with van der Waals surface area (Å²) < 4.78 is 0. The molecule has 0 aliphatic rings. The van der Waals surface area contributed by atoms with Gasteiger partial charge in [0.05, 0.1) is 15.3 Å². The van der Waals surface area contributed by atoms with Crippen LogP contribution in [0.3, 0.4) is 0 Å². The van der Waals surface area contributed by atoms with Gasteiger partial charge in [0.1, 0.15) is 0 Å². The first-order chi connectivity index (χ1) is 5.20. The smallest absolute Gasteiger partial charge is 0.0689 e. The average Bonchev–Trinajstić information content (AvgIpc) is 1.54. The Labute approximate surface area is 96.7 Å². The summed E-state index contributed by atoms with van der Waals surface area (Å²) in [5.74, 6) is 0. The molecule has 0 spiro atoms. The first-order valence-corrected chi connectivity index (χ1v) is 1.64. The van der Waals surface area contributed by atoms with E-state index in [9.17, 15) is 0 Å². The van der Waals surface area contributed by atoms with Crippen LogP contribution in [0.15, 0.2) is 0 Å². The molecule has 13 heavy (non-hydrogen) atoms. The minimum atomic E-state index is -1.75. The minimum Gasteiger partial charge on any atom is -0.356 e. The van der Waals surface area contributed by atoms with Crippen LogP contribution in [0.25, 0.3) is 0 Å². The van der Waals surface area contributed by atoms with Crippen molar-refractivity contribution in [2.45, 2.75) is 0 Å². The molecule has 0 N–H and O–H groups in total. The summed E-state index contributed by atoms with van der Waals surface area (Å²) in [5.41, 5.74) is 0. The summed E-state index contributed by atoms with van der Waals surface area (Å²) in [6.07, 6.45) is 0. The van der Waals surface area contributed by atoms with E-state index in [-0.39, 0.29) is 35.6 Å². The van der Waals surface area contributed by atoms with E-state index in [1.54, 1.807) is 0 Å². The summed E-state index contributed by atoms with van der Waals surface area (Å²) in [5, 5.41) is 44.2. The third kappa shape index (κ3) is 575. The Morgan fingerprint density at radius 2 is 0.538 bits per heavy atom. The Kier molecular flexibility index (Phi) is 29.7. The van der Waals surface area contributed by atoms with Crippen molar-refractivity contribution in [2.24, 2.45) is 0 Å². The molecule has 1 radical (unpaired) electrons. The Hall–Kier alpha value is -1.21.